The smallest absolute Gasteiger partial charge is 0.137 e. The maximum atomic E-state index is 4.95. The van der Waals surface area contributed by atoms with E-state index in [1.807, 2.05) is 12.3 Å². The second-order valence-corrected chi connectivity index (χ2v) is 9.77. The summed E-state index contributed by atoms with van der Waals surface area (Å²) in [5.74, 6) is 0.895. The van der Waals surface area contributed by atoms with Gasteiger partial charge in [-0.25, -0.2) is 9.97 Å². The number of pyridine rings is 1. The minimum atomic E-state index is 0.895. The van der Waals surface area contributed by atoms with Crippen LogP contribution in [-0.2, 0) is 0 Å². The van der Waals surface area contributed by atoms with Crippen molar-refractivity contribution in [2.24, 2.45) is 0 Å². The molecule has 0 saturated carbocycles. The molecule has 0 N–H and O–H groups in total. The van der Waals surface area contributed by atoms with Crippen LogP contribution in [0.3, 0.4) is 0 Å². The van der Waals surface area contributed by atoms with Crippen molar-refractivity contribution in [3.8, 4) is 16.3 Å². The molecule has 164 valence electrons. The van der Waals surface area contributed by atoms with E-state index >= 15 is 0 Å². The lowest BCUT2D eigenvalue weighted by molar-refractivity contribution is 1.09. The Morgan fingerprint density at radius 1 is 0.629 bits per heavy atom. The molecule has 1 aliphatic rings. The third-order valence-corrected chi connectivity index (χ3v) is 7.88. The molecule has 8 rings (SSSR count). The molecule has 4 heterocycles. The Hall–Kier alpha value is -4.48. The summed E-state index contributed by atoms with van der Waals surface area (Å²) in [7, 11) is 0. The minimum Gasteiger partial charge on any atom is -0.305 e. The van der Waals surface area contributed by atoms with Crippen molar-refractivity contribution in [2.75, 3.05) is 4.90 Å². The number of anilines is 3. The van der Waals surface area contributed by atoms with Crippen molar-refractivity contribution in [1.29, 1.82) is 0 Å². The van der Waals surface area contributed by atoms with Crippen LogP contribution in [0.4, 0.5) is 17.2 Å². The summed E-state index contributed by atoms with van der Waals surface area (Å²) in [5.41, 5.74) is 7.92. The van der Waals surface area contributed by atoms with Crippen molar-refractivity contribution < 1.29 is 0 Å². The van der Waals surface area contributed by atoms with Crippen LogP contribution in [0.15, 0.2) is 109 Å². The maximum absolute atomic E-state index is 4.95. The van der Waals surface area contributed by atoms with E-state index in [9.17, 15) is 0 Å². The molecule has 5 heteroatoms. The Morgan fingerprint density at radius 2 is 1.40 bits per heavy atom. The summed E-state index contributed by atoms with van der Waals surface area (Å²) < 4.78 is 3.58. The summed E-state index contributed by atoms with van der Waals surface area (Å²) in [6.45, 7) is 0. The van der Waals surface area contributed by atoms with Crippen LogP contribution in [0.25, 0.3) is 48.3 Å². The van der Waals surface area contributed by atoms with Gasteiger partial charge in [0.25, 0.3) is 0 Å². The zero-order valence-corrected chi connectivity index (χ0v) is 19.4. The second kappa shape index (κ2) is 7.01. The van der Waals surface area contributed by atoms with Crippen molar-refractivity contribution in [2.45, 2.75) is 0 Å². The molecule has 0 amide bonds. The Morgan fingerprint density at radius 3 is 2.29 bits per heavy atom. The second-order valence-electron chi connectivity index (χ2n) is 8.74. The van der Waals surface area contributed by atoms with Crippen LogP contribution < -0.4 is 4.90 Å². The number of hydrogen-bond donors (Lipinski definition) is 0. The van der Waals surface area contributed by atoms with Gasteiger partial charge in [-0.15, -0.1) is 11.3 Å². The number of para-hydroxylation sites is 5. The average molecular weight is 467 g/mol. The lowest BCUT2D eigenvalue weighted by Crippen LogP contribution is -2.18. The molecule has 0 aliphatic carbocycles. The van der Waals surface area contributed by atoms with E-state index in [-0.39, 0.29) is 0 Å². The standard InChI is InChI=1S/C30H18N4S/c1-3-11-23-20(8-1)21-9-7-14-26-29(21)34(23)25-13-5-4-12-24(25)33(26)28-17-16-19(18-31-28)30-32-22-10-2-6-15-27(22)35-30/h1-18H. The Labute approximate surface area is 205 Å². The first-order valence-electron chi connectivity index (χ1n) is 11.6. The number of thiazole rings is 1. The number of rotatable bonds is 2. The van der Waals surface area contributed by atoms with E-state index in [1.54, 1.807) is 11.3 Å². The topological polar surface area (TPSA) is 34.0 Å². The molecule has 0 unspecified atom stereocenters. The molecule has 3 aromatic heterocycles. The van der Waals surface area contributed by atoms with Crippen LogP contribution in [-0.4, -0.2) is 14.5 Å². The van der Waals surface area contributed by atoms with Gasteiger partial charge in [-0.2, -0.15) is 0 Å². The third kappa shape index (κ3) is 2.61. The average Bonchev–Trinajstić information content (AvgIpc) is 3.50. The molecular weight excluding hydrogens is 448 g/mol. The summed E-state index contributed by atoms with van der Waals surface area (Å²) in [5, 5.41) is 3.51. The fourth-order valence-corrected chi connectivity index (χ4v) is 6.25. The van der Waals surface area contributed by atoms with E-state index in [2.05, 4.69) is 107 Å². The van der Waals surface area contributed by atoms with Gasteiger partial charge < -0.3 is 4.57 Å². The molecule has 7 aromatic rings. The number of aromatic nitrogens is 3. The van der Waals surface area contributed by atoms with Gasteiger partial charge in [0.05, 0.1) is 38.3 Å². The Kier molecular flexibility index (Phi) is 3.78. The van der Waals surface area contributed by atoms with Gasteiger partial charge in [0, 0.05) is 22.5 Å². The largest absolute Gasteiger partial charge is 0.305 e. The first kappa shape index (κ1) is 18.9. The molecule has 0 radical (unpaired) electrons. The fraction of sp³-hybridized carbons (Fsp3) is 0. The summed E-state index contributed by atoms with van der Waals surface area (Å²) in [6.07, 6.45) is 1.94. The minimum absolute atomic E-state index is 0.895. The predicted octanol–water partition coefficient (Wildman–Crippen LogP) is 8.24. The molecule has 0 spiro atoms. The van der Waals surface area contributed by atoms with Gasteiger partial charge in [0.1, 0.15) is 10.8 Å². The number of fused-ring (bicyclic) bond motifs is 6. The molecular formula is C30H18N4S. The van der Waals surface area contributed by atoms with E-state index in [0.29, 0.717) is 0 Å². The molecule has 35 heavy (non-hydrogen) atoms. The highest BCUT2D eigenvalue weighted by Gasteiger charge is 2.28. The molecule has 4 nitrogen and oxygen atoms in total. The van der Waals surface area contributed by atoms with Crippen molar-refractivity contribution in [1.82, 2.24) is 14.5 Å². The zero-order chi connectivity index (χ0) is 22.9. The fourth-order valence-electron chi connectivity index (χ4n) is 5.29. The predicted molar refractivity (Wildman–Crippen MR) is 145 cm³/mol. The highest BCUT2D eigenvalue weighted by molar-refractivity contribution is 7.21. The van der Waals surface area contributed by atoms with Gasteiger partial charge in [0.15, 0.2) is 0 Å². The van der Waals surface area contributed by atoms with E-state index in [0.717, 1.165) is 39.0 Å². The lowest BCUT2D eigenvalue weighted by atomic mass is 10.1. The molecule has 0 fully saturated rings. The van der Waals surface area contributed by atoms with Crippen LogP contribution in [0.1, 0.15) is 0 Å². The number of benzene rings is 4. The van der Waals surface area contributed by atoms with E-state index < -0.39 is 0 Å². The van der Waals surface area contributed by atoms with Gasteiger partial charge in [0.2, 0.25) is 0 Å². The summed E-state index contributed by atoms with van der Waals surface area (Å²) in [4.78, 5) is 12.0. The van der Waals surface area contributed by atoms with Crippen LogP contribution in [0.2, 0.25) is 0 Å². The summed E-state index contributed by atoms with van der Waals surface area (Å²) in [6, 6.07) is 36.3. The van der Waals surface area contributed by atoms with Gasteiger partial charge in [-0.3, -0.25) is 4.90 Å². The van der Waals surface area contributed by atoms with Crippen molar-refractivity contribution >= 4 is 60.6 Å². The zero-order valence-electron chi connectivity index (χ0n) is 18.6. The molecule has 0 atom stereocenters. The van der Waals surface area contributed by atoms with Crippen LogP contribution in [0.5, 0.6) is 0 Å². The SMILES string of the molecule is c1ccc2c(c1)N(c1ccc(-c3nc4ccccc4s3)cn1)c1cccc3c4ccccc4n-2c13. The van der Waals surface area contributed by atoms with Gasteiger partial charge >= 0.3 is 0 Å². The Balaban J connectivity index is 1.34. The normalized spacial score (nSPS) is 12.5. The molecule has 0 saturated heterocycles. The highest BCUT2D eigenvalue weighted by atomic mass is 32.1. The van der Waals surface area contributed by atoms with Crippen molar-refractivity contribution in [3.63, 3.8) is 0 Å². The number of hydrogen-bond acceptors (Lipinski definition) is 4. The number of nitrogens with zero attached hydrogens (tertiary/aromatic N) is 4. The van der Waals surface area contributed by atoms with Gasteiger partial charge in [-0.1, -0.05) is 54.6 Å². The maximum Gasteiger partial charge on any atom is 0.137 e. The van der Waals surface area contributed by atoms with Crippen LogP contribution in [0, 0.1) is 0 Å². The monoisotopic (exact) mass is 466 g/mol. The lowest BCUT2D eigenvalue weighted by Gasteiger charge is -2.32. The highest BCUT2D eigenvalue weighted by Crippen LogP contribution is 2.49. The van der Waals surface area contributed by atoms with E-state index in [4.69, 9.17) is 9.97 Å². The summed E-state index contributed by atoms with van der Waals surface area (Å²) >= 11 is 1.70. The van der Waals surface area contributed by atoms with Gasteiger partial charge in [-0.05, 0) is 48.5 Å². The molecule has 4 aromatic carbocycles. The van der Waals surface area contributed by atoms with Crippen LogP contribution >= 0.6 is 11.3 Å². The molecule has 0 bridgehead atoms. The first-order valence-corrected chi connectivity index (χ1v) is 12.4. The quantitative estimate of drug-likeness (QED) is 0.257. The molecule has 1 aliphatic heterocycles. The third-order valence-electron chi connectivity index (χ3n) is 6.80. The Bertz CT molecular complexity index is 1880. The van der Waals surface area contributed by atoms with Crippen molar-refractivity contribution in [3.05, 3.63) is 109 Å². The van der Waals surface area contributed by atoms with E-state index in [1.165, 1.54) is 26.5 Å². The first-order chi connectivity index (χ1) is 17.4.